The van der Waals surface area contributed by atoms with Gasteiger partial charge in [0.05, 0.1) is 12.2 Å². The maximum atomic E-state index is 12.2. The first-order chi connectivity index (χ1) is 15.2. The maximum absolute atomic E-state index is 12.2. The van der Waals surface area contributed by atoms with E-state index in [0.717, 1.165) is 0 Å². The lowest BCUT2D eigenvalue weighted by Gasteiger charge is -2.12. The van der Waals surface area contributed by atoms with Crippen LogP contribution in [0.5, 0.6) is 11.5 Å². The summed E-state index contributed by atoms with van der Waals surface area (Å²) in [4.78, 5) is 33.2. The number of carbonyl (C=O) groups is 2. The highest BCUT2D eigenvalue weighted by molar-refractivity contribution is 5.99. The molecule has 1 heterocycles. The number of nitrogens with one attached hydrogen (secondary N) is 2. The number of rotatable bonds is 7. The van der Waals surface area contributed by atoms with Gasteiger partial charge >= 0.3 is 12.0 Å². The number of hydrogen-bond acceptors (Lipinski definition) is 7. The fraction of sp³-hybridized carbons (Fsp3) is 0.261. The van der Waals surface area contributed by atoms with Crippen LogP contribution in [-0.4, -0.2) is 23.8 Å². The van der Waals surface area contributed by atoms with Gasteiger partial charge in [-0.2, -0.15) is 4.89 Å². The first kappa shape index (κ1) is 22.8. The molecule has 168 valence electrons. The Morgan fingerprint density at radius 1 is 0.969 bits per heavy atom. The summed E-state index contributed by atoms with van der Waals surface area (Å²) < 4.78 is 11.0. The molecule has 0 unspecified atom stereocenters. The van der Waals surface area contributed by atoms with E-state index in [1.54, 1.807) is 61.5 Å². The number of carbonyl (C=O) groups excluding carboxylic acids is 2. The molecule has 0 spiro atoms. The average molecular weight is 439 g/mol. The molecule has 9 nitrogen and oxygen atoms in total. The fourth-order valence-corrected chi connectivity index (χ4v) is 2.53. The van der Waals surface area contributed by atoms with Crippen molar-refractivity contribution in [1.82, 2.24) is 5.16 Å². The van der Waals surface area contributed by atoms with E-state index in [1.807, 2.05) is 20.8 Å². The van der Waals surface area contributed by atoms with Crippen LogP contribution in [-0.2, 0) is 15.2 Å². The highest BCUT2D eigenvalue weighted by Crippen LogP contribution is 2.25. The molecular weight excluding hydrogens is 414 g/mol. The Morgan fingerprint density at radius 2 is 1.59 bits per heavy atom. The van der Waals surface area contributed by atoms with E-state index in [9.17, 15) is 9.59 Å². The fourth-order valence-electron chi connectivity index (χ4n) is 2.53. The van der Waals surface area contributed by atoms with Crippen molar-refractivity contribution in [3.05, 3.63) is 65.9 Å². The van der Waals surface area contributed by atoms with Crippen molar-refractivity contribution in [3.8, 4) is 11.5 Å². The predicted molar refractivity (Wildman–Crippen MR) is 118 cm³/mol. The molecule has 0 radical (unpaired) electrons. The molecule has 9 heteroatoms. The van der Waals surface area contributed by atoms with Gasteiger partial charge < -0.3 is 14.6 Å². The van der Waals surface area contributed by atoms with Gasteiger partial charge in [-0.25, -0.2) is 9.59 Å². The quantitative estimate of drug-likeness (QED) is 0.368. The second-order valence-electron chi connectivity index (χ2n) is 7.83. The highest BCUT2D eigenvalue weighted by Gasteiger charge is 2.20. The molecule has 3 rings (SSSR count). The number of benzene rings is 2. The van der Waals surface area contributed by atoms with Crippen LogP contribution in [0.1, 0.15) is 43.8 Å². The van der Waals surface area contributed by atoms with Gasteiger partial charge in [0, 0.05) is 17.2 Å². The molecule has 0 saturated heterocycles. The summed E-state index contributed by atoms with van der Waals surface area (Å²) in [5, 5.41) is 9.20. The number of amides is 2. The summed E-state index contributed by atoms with van der Waals surface area (Å²) in [5.74, 6) is 1.53. The minimum absolute atomic E-state index is 0.202. The second-order valence-corrected chi connectivity index (χ2v) is 7.83. The molecule has 2 amide bonds. The lowest BCUT2D eigenvalue weighted by molar-refractivity contribution is -0.236. The zero-order valence-electron chi connectivity index (χ0n) is 18.3. The summed E-state index contributed by atoms with van der Waals surface area (Å²) in [5.41, 5.74) is 0.716. The van der Waals surface area contributed by atoms with E-state index >= 15 is 0 Å². The normalized spacial score (nSPS) is 11.0. The largest absolute Gasteiger partial charge is 0.457 e. The number of aromatic nitrogens is 1. The summed E-state index contributed by atoms with van der Waals surface area (Å²) in [6.45, 7) is 7.97. The smallest absolute Gasteiger partial charge is 0.373 e. The van der Waals surface area contributed by atoms with Gasteiger partial charge in [-0.05, 0) is 55.5 Å². The van der Waals surface area contributed by atoms with E-state index in [4.69, 9.17) is 9.26 Å². The van der Waals surface area contributed by atoms with Crippen LogP contribution >= 0.6 is 0 Å². The Bertz CT molecular complexity index is 1050. The van der Waals surface area contributed by atoms with E-state index in [-0.39, 0.29) is 12.0 Å². The molecule has 0 aliphatic heterocycles. The van der Waals surface area contributed by atoms with Crippen molar-refractivity contribution in [2.75, 3.05) is 17.2 Å². The number of hydrogen-bond donors (Lipinski definition) is 2. The minimum Gasteiger partial charge on any atom is -0.457 e. The minimum atomic E-state index is -0.577. The molecule has 0 fully saturated rings. The molecule has 2 N–H and O–H groups in total. The topological polar surface area (TPSA) is 112 Å². The van der Waals surface area contributed by atoms with Crippen LogP contribution in [0, 0.1) is 0 Å². The van der Waals surface area contributed by atoms with Crippen LogP contribution in [0.15, 0.2) is 59.1 Å². The molecule has 1 aromatic heterocycles. The first-order valence-electron chi connectivity index (χ1n) is 10.0. The number of anilines is 2. The van der Waals surface area contributed by atoms with Crippen LogP contribution < -0.4 is 15.4 Å². The SMILES string of the molecule is CCOOC(=O)c1ccc(Oc2ccc(NC(=O)Nc3cc(C(C)(C)C)on3)cc2)cc1. The van der Waals surface area contributed by atoms with E-state index in [2.05, 4.69) is 25.6 Å². The third-order valence-electron chi connectivity index (χ3n) is 4.18. The van der Waals surface area contributed by atoms with Gasteiger partial charge in [0.25, 0.3) is 0 Å². The van der Waals surface area contributed by atoms with Crippen LogP contribution in [0.25, 0.3) is 0 Å². The number of ether oxygens (including phenoxy) is 1. The van der Waals surface area contributed by atoms with Crippen molar-refractivity contribution in [2.24, 2.45) is 0 Å². The monoisotopic (exact) mass is 439 g/mol. The molecule has 32 heavy (non-hydrogen) atoms. The summed E-state index contributed by atoms with van der Waals surface area (Å²) in [6, 6.07) is 14.5. The standard InChI is InChI=1S/C23H25N3O6/c1-5-29-32-21(27)15-6-10-17(11-7-15)30-18-12-8-16(9-13-18)24-22(28)25-20-14-19(31-26-20)23(2,3)4/h6-14H,5H2,1-4H3,(H2,24,25,26,28). The lowest BCUT2D eigenvalue weighted by Crippen LogP contribution is -2.19. The molecule has 0 aliphatic rings. The van der Waals surface area contributed by atoms with Crippen molar-refractivity contribution in [1.29, 1.82) is 0 Å². The third-order valence-corrected chi connectivity index (χ3v) is 4.18. The molecular formula is C23H25N3O6. The molecule has 2 aromatic carbocycles. The maximum Gasteiger partial charge on any atom is 0.373 e. The number of urea groups is 1. The van der Waals surface area contributed by atoms with Crippen molar-refractivity contribution < 1.29 is 28.6 Å². The summed E-state index contributed by atoms with van der Waals surface area (Å²) >= 11 is 0. The summed E-state index contributed by atoms with van der Waals surface area (Å²) in [7, 11) is 0. The lowest BCUT2D eigenvalue weighted by atomic mass is 9.93. The van der Waals surface area contributed by atoms with Gasteiger partial charge in [-0.15, -0.1) is 0 Å². The number of nitrogens with zero attached hydrogens (tertiary/aromatic N) is 1. The third kappa shape index (κ3) is 6.32. The Balaban J connectivity index is 1.53. The molecule has 0 saturated carbocycles. The Kier molecular flexibility index (Phi) is 7.11. The first-order valence-corrected chi connectivity index (χ1v) is 10.0. The van der Waals surface area contributed by atoms with Crippen molar-refractivity contribution >= 4 is 23.5 Å². The van der Waals surface area contributed by atoms with Gasteiger partial charge in [0.15, 0.2) is 5.82 Å². The molecule has 0 bridgehead atoms. The molecule has 0 aliphatic carbocycles. The average Bonchev–Trinajstić information content (AvgIpc) is 3.23. The van der Waals surface area contributed by atoms with Crippen LogP contribution in [0.4, 0.5) is 16.3 Å². The van der Waals surface area contributed by atoms with E-state index < -0.39 is 12.0 Å². The zero-order valence-corrected chi connectivity index (χ0v) is 18.3. The van der Waals surface area contributed by atoms with Gasteiger partial charge in [-0.3, -0.25) is 10.2 Å². The molecule has 0 atom stereocenters. The van der Waals surface area contributed by atoms with Crippen molar-refractivity contribution in [3.63, 3.8) is 0 Å². The summed E-state index contributed by atoms with van der Waals surface area (Å²) in [6.07, 6.45) is 0. The van der Waals surface area contributed by atoms with Crippen LogP contribution in [0.3, 0.4) is 0 Å². The Labute approximate surface area is 185 Å². The van der Waals surface area contributed by atoms with E-state index in [0.29, 0.717) is 34.3 Å². The Hall–Kier alpha value is -3.85. The van der Waals surface area contributed by atoms with Gasteiger partial charge in [-0.1, -0.05) is 25.9 Å². The molecule has 3 aromatic rings. The highest BCUT2D eigenvalue weighted by atomic mass is 17.2. The van der Waals surface area contributed by atoms with Crippen molar-refractivity contribution in [2.45, 2.75) is 33.1 Å². The Morgan fingerprint density at radius 3 is 2.16 bits per heavy atom. The van der Waals surface area contributed by atoms with Gasteiger partial charge in [0.2, 0.25) is 0 Å². The van der Waals surface area contributed by atoms with Gasteiger partial charge in [0.1, 0.15) is 17.3 Å². The van der Waals surface area contributed by atoms with Crippen LogP contribution in [0.2, 0.25) is 0 Å². The predicted octanol–water partition coefficient (Wildman–Crippen LogP) is 5.52. The second kappa shape index (κ2) is 9.97. The van der Waals surface area contributed by atoms with E-state index in [1.165, 1.54) is 0 Å². The zero-order chi connectivity index (χ0) is 23.1.